The van der Waals surface area contributed by atoms with Crippen LogP contribution >= 0.6 is 0 Å². The quantitative estimate of drug-likeness (QED) is 0.512. The molecular weight excluding hydrogens is 188 g/mol. The van der Waals surface area contributed by atoms with Gasteiger partial charge in [-0.25, -0.2) is 4.79 Å². The molecule has 0 aromatic heterocycles. The van der Waals surface area contributed by atoms with Crippen LogP contribution in [0.2, 0.25) is 0 Å². The highest BCUT2D eigenvalue weighted by Crippen LogP contribution is 2.02. The molecule has 0 aromatic carbocycles. The van der Waals surface area contributed by atoms with Gasteiger partial charge in [0, 0.05) is 0 Å². The fourth-order valence-electron chi connectivity index (χ4n) is 0.754. The molecule has 0 heterocycles. The lowest BCUT2D eigenvalue weighted by Gasteiger charge is -2.12. The summed E-state index contributed by atoms with van der Waals surface area (Å²) in [6.45, 7) is 3.54. The minimum Gasteiger partial charge on any atom is -0.486 e. The van der Waals surface area contributed by atoms with Gasteiger partial charge in [-0.2, -0.15) is 0 Å². The van der Waals surface area contributed by atoms with E-state index in [2.05, 4.69) is 4.74 Å². The molecular formula is C9H14O5. The van der Waals surface area contributed by atoms with Gasteiger partial charge in [0.2, 0.25) is 6.10 Å². The van der Waals surface area contributed by atoms with Crippen molar-refractivity contribution in [2.75, 3.05) is 6.61 Å². The lowest BCUT2D eigenvalue weighted by Crippen LogP contribution is -2.27. The number of aliphatic carboxylic acids is 1. The fourth-order valence-corrected chi connectivity index (χ4v) is 0.754. The molecule has 1 N–H and O–H groups in total. The summed E-state index contributed by atoms with van der Waals surface area (Å²) in [6, 6.07) is 0. The maximum absolute atomic E-state index is 11.1. The summed E-state index contributed by atoms with van der Waals surface area (Å²) < 4.78 is 9.52. The number of rotatable bonds is 6. The normalized spacial score (nSPS) is 12.4. The topological polar surface area (TPSA) is 72.8 Å². The Morgan fingerprint density at radius 3 is 2.57 bits per heavy atom. The van der Waals surface area contributed by atoms with Crippen molar-refractivity contribution in [3.63, 3.8) is 0 Å². The van der Waals surface area contributed by atoms with Crippen LogP contribution in [0.15, 0.2) is 12.3 Å². The fraction of sp³-hybridized carbons (Fsp3) is 0.556. The molecule has 0 aliphatic heterocycles. The minimum absolute atomic E-state index is 0.203. The van der Waals surface area contributed by atoms with Crippen LogP contribution in [-0.2, 0) is 19.1 Å². The SMILES string of the molecule is CC=COC(CC(=O)O)C(=O)OCC. The van der Waals surface area contributed by atoms with Crippen molar-refractivity contribution < 1.29 is 24.2 Å². The van der Waals surface area contributed by atoms with Crippen LogP contribution in [0.3, 0.4) is 0 Å². The molecule has 5 heteroatoms. The molecule has 0 saturated heterocycles. The molecule has 0 aliphatic rings. The highest BCUT2D eigenvalue weighted by atomic mass is 16.6. The Labute approximate surface area is 82.3 Å². The molecule has 0 saturated carbocycles. The van der Waals surface area contributed by atoms with Crippen LogP contribution in [0.25, 0.3) is 0 Å². The third kappa shape index (κ3) is 5.18. The summed E-state index contributed by atoms with van der Waals surface area (Å²) >= 11 is 0. The number of allylic oxidation sites excluding steroid dienone is 1. The van der Waals surface area contributed by atoms with Gasteiger partial charge >= 0.3 is 11.9 Å². The third-order valence-corrected chi connectivity index (χ3v) is 1.29. The van der Waals surface area contributed by atoms with Crippen LogP contribution < -0.4 is 0 Å². The predicted octanol–water partition coefficient (Wildman–Crippen LogP) is 0.943. The molecule has 5 nitrogen and oxygen atoms in total. The minimum atomic E-state index is -1.10. The molecule has 0 rings (SSSR count). The molecule has 0 bridgehead atoms. The number of esters is 1. The van der Waals surface area contributed by atoms with Gasteiger partial charge in [-0.15, -0.1) is 0 Å². The van der Waals surface area contributed by atoms with Gasteiger partial charge in [-0.1, -0.05) is 6.08 Å². The van der Waals surface area contributed by atoms with Crippen molar-refractivity contribution in [2.45, 2.75) is 26.4 Å². The van der Waals surface area contributed by atoms with E-state index in [9.17, 15) is 9.59 Å². The van der Waals surface area contributed by atoms with Gasteiger partial charge in [-0.05, 0) is 13.8 Å². The zero-order valence-electron chi connectivity index (χ0n) is 8.23. The van der Waals surface area contributed by atoms with Crippen molar-refractivity contribution in [1.29, 1.82) is 0 Å². The average Bonchev–Trinajstić information content (AvgIpc) is 2.12. The molecule has 0 spiro atoms. The molecule has 0 aromatic rings. The van der Waals surface area contributed by atoms with Gasteiger partial charge in [0.25, 0.3) is 0 Å². The van der Waals surface area contributed by atoms with Crippen molar-refractivity contribution in [1.82, 2.24) is 0 Å². The van der Waals surface area contributed by atoms with Gasteiger partial charge in [-0.3, -0.25) is 4.79 Å². The van der Waals surface area contributed by atoms with E-state index in [1.165, 1.54) is 6.26 Å². The van der Waals surface area contributed by atoms with Gasteiger partial charge in [0.15, 0.2) is 0 Å². The predicted molar refractivity (Wildman–Crippen MR) is 48.6 cm³/mol. The van der Waals surface area contributed by atoms with E-state index >= 15 is 0 Å². The molecule has 14 heavy (non-hydrogen) atoms. The van der Waals surface area contributed by atoms with E-state index in [0.29, 0.717) is 0 Å². The zero-order valence-corrected chi connectivity index (χ0v) is 8.23. The second-order valence-electron chi connectivity index (χ2n) is 2.44. The number of ether oxygens (including phenoxy) is 2. The number of carbonyl (C=O) groups is 2. The number of carboxylic acids is 1. The van der Waals surface area contributed by atoms with Crippen molar-refractivity contribution in [3.05, 3.63) is 12.3 Å². The third-order valence-electron chi connectivity index (χ3n) is 1.29. The highest BCUT2D eigenvalue weighted by molar-refractivity contribution is 5.81. The van der Waals surface area contributed by atoms with E-state index in [4.69, 9.17) is 9.84 Å². The van der Waals surface area contributed by atoms with Gasteiger partial charge < -0.3 is 14.6 Å². The summed E-state index contributed by atoms with van der Waals surface area (Å²) in [5.41, 5.74) is 0. The van der Waals surface area contributed by atoms with Crippen LogP contribution in [0.4, 0.5) is 0 Å². The molecule has 0 radical (unpaired) electrons. The van der Waals surface area contributed by atoms with Crippen LogP contribution in [0.1, 0.15) is 20.3 Å². The Morgan fingerprint density at radius 1 is 1.50 bits per heavy atom. The van der Waals surface area contributed by atoms with Gasteiger partial charge in [0.05, 0.1) is 19.3 Å². The molecule has 1 unspecified atom stereocenters. The first-order valence-corrected chi connectivity index (χ1v) is 4.26. The lowest BCUT2D eigenvalue weighted by atomic mass is 10.2. The Hall–Kier alpha value is -1.52. The van der Waals surface area contributed by atoms with Crippen LogP contribution in [0.5, 0.6) is 0 Å². The Balaban J connectivity index is 4.21. The lowest BCUT2D eigenvalue weighted by molar-refractivity contribution is -0.158. The smallest absolute Gasteiger partial charge is 0.347 e. The second kappa shape index (κ2) is 6.94. The number of carboxylic acid groups (broad SMARTS) is 1. The molecule has 1 atom stereocenters. The van der Waals surface area contributed by atoms with E-state index in [0.717, 1.165) is 0 Å². The van der Waals surface area contributed by atoms with Crippen LogP contribution in [0, 0.1) is 0 Å². The number of carbonyl (C=O) groups excluding carboxylic acids is 1. The first-order valence-electron chi connectivity index (χ1n) is 4.26. The zero-order chi connectivity index (χ0) is 11.0. The summed E-state index contributed by atoms with van der Waals surface area (Å²) in [5, 5.41) is 8.49. The average molecular weight is 202 g/mol. The van der Waals surface area contributed by atoms with Crippen LogP contribution in [-0.4, -0.2) is 29.8 Å². The summed E-state index contributed by atoms with van der Waals surface area (Å²) in [4.78, 5) is 21.5. The summed E-state index contributed by atoms with van der Waals surface area (Å²) in [6.07, 6.45) is 1.37. The Kier molecular flexibility index (Phi) is 6.19. The summed E-state index contributed by atoms with van der Waals surface area (Å²) in [7, 11) is 0. The maximum atomic E-state index is 11.1. The standard InChI is InChI=1S/C9H14O5/c1-3-5-14-7(6-8(10)11)9(12)13-4-2/h3,5,7H,4,6H2,1-2H3,(H,10,11). The van der Waals surface area contributed by atoms with Crippen molar-refractivity contribution >= 4 is 11.9 Å². The Bertz CT molecular complexity index is 221. The molecule has 0 amide bonds. The van der Waals surface area contributed by atoms with Gasteiger partial charge in [0.1, 0.15) is 0 Å². The molecule has 0 fully saturated rings. The Morgan fingerprint density at radius 2 is 2.14 bits per heavy atom. The first kappa shape index (κ1) is 12.5. The largest absolute Gasteiger partial charge is 0.486 e. The molecule has 80 valence electrons. The monoisotopic (exact) mass is 202 g/mol. The van der Waals surface area contributed by atoms with E-state index in [1.54, 1.807) is 19.9 Å². The highest BCUT2D eigenvalue weighted by Gasteiger charge is 2.23. The van der Waals surface area contributed by atoms with Crippen molar-refractivity contribution in [3.8, 4) is 0 Å². The number of hydrogen-bond acceptors (Lipinski definition) is 4. The van der Waals surface area contributed by atoms with E-state index < -0.39 is 24.5 Å². The molecule has 0 aliphatic carbocycles. The maximum Gasteiger partial charge on any atom is 0.347 e. The van der Waals surface area contributed by atoms with E-state index in [1.807, 2.05) is 0 Å². The first-order chi connectivity index (χ1) is 6.61. The number of hydrogen-bond donors (Lipinski definition) is 1. The second-order valence-corrected chi connectivity index (χ2v) is 2.44. The van der Waals surface area contributed by atoms with Crippen molar-refractivity contribution in [2.24, 2.45) is 0 Å². The summed E-state index contributed by atoms with van der Waals surface area (Å²) in [5.74, 6) is -1.76. The van der Waals surface area contributed by atoms with E-state index in [-0.39, 0.29) is 6.61 Å².